The van der Waals surface area contributed by atoms with E-state index in [1.807, 2.05) is 42.5 Å². The van der Waals surface area contributed by atoms with E-state index in [0.717, 1.165) is 21.8 Å². The highest BCUT2D eigenvalue weighted by Crippen LogP contribution is 2.66. The summed E-state index contributed by atoms with van der Waals surface area (Å²) in [5.74, 6) is 4.45. The summed E-state index contributed by atoms with van der Waals surface area (Å²) in [6.45, 7) is -0.561. The molecule has 54 heavy (non-hydrogen) atoms. The zero-order valence-electron chi connectivity index (χ0n) is 28.2. The topological polar surface area (TPSA) is 296 Å². The summed E-state index contributed by atoms with van der Waals surface area (Å²) in [5, 5.41) is 27.6. The zero-order valence-corrected chi connectivity index (χ0v) is 30.9. The van der Waals surface area contributed by atoms with Crippen LogP contribution in [0.3, 0.4) is 0 Å². The standard InChI is InChI=1S/C31H37N4O16P3/c36-26-19-30(49-27(26)21-48-53(44,45)51-54(46,47)50-52(41,42)43)34-20-22(18-29(34)35(39)40)8-7-17-32-28(37)11-5-2-6-16-33-31(38)25-14-12-24(13-15-25)23-9-3-1-4-10-23/h1,3-4,9-10,12-15,18,20,26-27,30,36H,2,5-6,11,16-17,19,21H2,(H,32,37)(H,33,38)(H,44,45)(H,46,47)(H2,41,42,43)/t26-,27-,30-/m1/s1. The van der Waals surface area contributed by atoms with Gasteiger partial charge in [-0.3, -0.25) is 14.1 Å². The van der Waals surface area contributed by atoms with Crippen molar-refractivity contribution in [2.24, 2.45) is 0 Å². The Bertz CT molecular complexity index is 1990. The van der Waals surface area contributed by atoms with Gasteiger partial charge in [0.05, 0.1) is 30.9 Å². The van der Waals surface area contributed by atoms with Crippen LogP contribution in [-0.2, 0) is 36.4 Å². The SMILES string of the molecule is O=C(CCCCCNC(=O)c1ccc(-c2ccccc2)cc1)NCC#Cc1cc([N+](=O)[O-])n([C@H]2C[C@@H](O)[C@@H](COP(=O)(O)OP(=O)(O)OP(=O)(O)O)O2)c1. The second kappa shape index (κ2) is 19.0. The number of benzene rings is 2. The predicted molar refractivity (Wildman–Crippen MR) is 188 cm³/mol. The number of nitrogens with zero attached hydrogens (tertiary/aromatic N) is 2. The molecule has 20 nitrogen and oxygen atoms in total. The molecule has 2 unspecified atom stereocenters. The van der Waals surface area contributed by atoms with E-state index >= 15 is 0 Å². The maximum atomic E-state index is 12.4. The maximum Gasteiger partial charge on any atom is 0.490 e. The minimum atomic E-state index is -5.76. The van der Waals surface area contributed by atoms with Crippen molar-refractivity contribution in [3.63, 3.8) is 0 Å². The lowest BCUT2D eigenvalue weighted by molar-refractivity contribution is -0.393. The average Bonchev–Trinajstić information content (AvgIpc) is 3.69. The fourth-order valence-electron chi connectivity index (χ4n) is 5.13. The first kappa shape index (κ1) is 42.7. The monoisotopic (exact) mass is 814 g/mol. The Morgan fingerprint density at radius 2 is 1.63 bits per heavy atom. The first-order chi connectivity index (χ1) is 25.4. The number of aromatic nitrogens is 1. The number of carbonyl (C=O) groups is 2. The highest BCUT2D eigenvalue weighted by Gasteiger charge is 2.44. The molecule has 1 fully saturated rings. The molecule has 4 rings (SSSR count). The Kier molecular flexibility index (Phi) is 15.0. The van der Waals surface area contributed by atoms with Gasteiger partial charge in [0, 0.05) is 24.9 Å². The second-order valence-corrected chi connectivity index (χ2v) is 16.1. The lowest BCUT2D eigenvalue weighted by Gasteiger charge is -2.18. The van der Waals surface area contributed by atoms with Crippen LogP contribution in [0.2, 0.25) is 0 Å². The summed E-state index contributed by atoms with van der Waals surface area (Å²) in [5.41, 5.74) is 2.78. The number of hydrogen-bond acceptors (Lipinski definition) is 12. The van der Waals surface area contributed by atoms with Crippen molar-refractivity contribution >= 4 is 41.1 Å². The van der Waals surface area contributed by atoms with Crippen LogP contribution in [0.25, 0.3) is 11.1 Å². The Labute approximate surface area is 308 Å². The molecule has 2 amide bonds. The number of nitro groups is 1. The third-order valence-electron chi connectivity index (χ3n) is 7.57. The number of nitrogens with one attached hydrogen (secondary N) is 2. The molecule has 0 spiro atoms. The van der Waals surface area contributed by atoms with Crippen LogP contribution in [-0.4, -0.2) is 77.9 Å². The van der Waals surface area contributed by atoms with Crippen LogP contribution in [0.1, 0.15) is 54.3 Å². The Balaban J connectivity index is 1.17. The van der Waals surface area contributed by atoms with Crippen LogP contribution in [0, 0.1) is 22.0 Å². The van der Waals surface area contributed by atoms with Crippen LogP contribution in [0.5, 0.6) is 0 Å². The average molecular weight is 815 g/mol. The number of phosphoric acid groups is 3. The van der Waals surface area contributed by atoms with Crippen LogP contribution >= 0.6 is 23.5 Å². The Hall–Kier alpha value is -4.05. The molecule has 0 radical (unpaired) electrons. The normalized spacial score (nSPS) is 19.2. The molecule has 292 valence electrons. The van der Waals surface area contributed by atoms with Gasteiger partial charge in [0.2, 0.25) is 12.1 Å². The zero-order chi connectivity index (χ0) is 39.5. The van der Waals surface area contributed by atoms with Gasteiger partial charge in [-0.05, 0) is 41.0 Å². The largest absolute Gasteiger partial charge is 0.490 e. The third-order valence-corrected chi connectivity index (χ3v) is 11.4. The molecule has 2 aromatic carbocycles. The summed E-state index contributed by atoms with van der Waals surface area (Å²) < 4.78 is 52.5. The highest BCUT2D eigenvalue weighted by molar-refractivity contribution is 7.66. The number of rotatable bonds is 18. The van der Waals surface area contributed by atoms with Gasteiger partial charge in [-0.1, -0.05) is 60.7 Å². The molecule has 1 aromatic heterocycles. The molecule has 7 N–H and O–H groups in total. The number of amides is 2. The van der Waals surface area contributed by atoms with Crippen LogP contribution < -0.4 is 10.6 Å². The quantitative estimate of drug-likeness (QED) is 0.0318. The molecule has 3 aromatic rings. The van der Waals surface area contributed by atoms with Crippen molar-refractivity contribution in [1.29, 1.82) is 0 Å². The summed E-state index contributed by atoms with van der Waals surface area (Å²) in [6, 6.07) is 18.3. The number of unbranched alkanes of at least 4 members (excludes halogenated alkanes) is 2. The fraction of sp³-hybridized carbons (Fsp3) is 0.355. The number of ether oxygens (including phenoxy) is 1. The Morgan fingerprint density at radius 1 is 0.944 bits per heavy atom. The van der Waals surface area contributed by atoms with Gasteiger partial charge in [0.1, 0.15) is 12.3 Å². The molecule has 2 heterocycles. The third kappa shape index (κ3) is 13.7. The second-order valence-electron chi connectivity index (χ2n) is 11.7. The summed E-state index contributed by atoms with van der Waals surface area (Å²) in [7, 11) is -16.9. The van der Waals surface area contributed by atoms with Crippen LogP contribution in [0.4, 0.5) is 5.82 Å². The minimum Gasteiger partial charge on any atom is -0.390 e. The molecule has 23 heteroatoms. The maximum absolute atomic E-state index is 12.4. The first-order valence-electron chi connectivity index (χ1n) is 16.1. The van der Waals surface area contributed by atoms with Crippen molar-refractivity contribution in [3.05, 3.63) is 88.1 Å². The van der Waals surface area contributed by atoms with Crippen molar-refractivity contribution < 1.29 is 70.8 Å². The first-order valence-corrected chi connectivity index (χ1v) is 20.6. The molecule has 0 bridgehead atoms. The van der Waals surface area contributed by atoms with Gasteiger partial charge in [-0.2, -0.15) is 8.62 Å². The van der Waals surface area contributed by atoms with E-state index in [-0.39, 0.29) is 36.8 Å². The van der Waals surface area contributed by atoms with Gasteiger partial charge < -0.3 is 50.2 Å². The molecule has 0 aliphatic carbocycles. The molecular formula is C31H37N4O16P3. The van der Waals surface area contributed by atoms with E-state index in [2.05, 4.69) is 35.6 Å². The Morgan fingerprint density at radius 3 is 2.30 bits per heavy atom. The molecule has 1 saturated heterocycles. The van der Waals surface area contributed by atoms with Crippen molar-refractivity contribution in [3.8, 4) is 23.0 Å². The lowest BCUT2D eigenvalue weighted by atomic mass is 10.0. The lowest BCUT2D eigenvalue weighted by Crippen LogP contribution is -2.26. The number of carbonyl (C=O) groups excluding carboxylic acids is 2. The molecule has 1 aliphatic heterocycles. The van der Waals surface area contributed by atoms with E-state index in [0.29, 0.717) is 31.4 Å². The summed E-state index contributed by atoms with van der Waals surface area (Å²) >= 11 is 0. The van der Waals surface area contributed by atoms with Gasteiger partial charge in [-0.25, -0.2) is 18.3 Å². The van der Waals surface area contributed by atoms with Crippen molar-refractivity contribution in [1.82, 2.24) is 15.2 Å². The number of aliphatic hydroxyl groups excluding tert-OH is 1. The van der Waals surface area contributed by atoms with Crippen molar-refractivity contribution in [2.45, 2.75) is 50.5 Å². The smallest absolute Gasteiger partial charge is 0.390 e. The number of aliphatic hydroxyl groups is 1. The fourth-order valence-corrected chi connectivity index (χ4v) is 8.16. The number of hydrogen-bond donors (Lipinski definition) is 7. The molecular weight excluding hydrogens is 777 g/mol. The van der Waals surface area contributed by atoms with E-state index in [9.17, 15) is 48.3 Å². The van der Waals surface area contributed by atoms with Gasteiger partial charge in [0.25, 0.3) is 5.91 Å². The van der Waals surface area contributed by atoms with Gasteiger partial charge in [0.15, 0.2) is 0 Å². The molecule has 1 aliphatic rings. The van der Waals surface area contributed by atoms with Gasteiger partial charge in [-0.15, -0.1) is 0 Å². The predicted octanol–water partition coefficient (Wildman–Crippen LogP) is 3.51. The van der Waals surface area contributed by atoms with Crippen LogP contribution in [0.15, 0.2) is 66.9 Å². The summed E-state index contributed by atoms with van der Waals surface area (Å²) in [4.78, 5) is 71.8. The number of phosphoric ester groups is 1. The molecule has 0 saturated carbocycles. The van der Waals surface area contributed by atoms with E-state index in [4.69, 9.17) is 14.5 Å². The van der Waals surface area contributed by atoms with E-state index in [1.54, 1.807) is 12.1 Å². The highest BCUT2D eigenvalue weighted by atomic mass is 31.3. The minimum absolute atomic E-state index is 0.0573. The summed E-state index contributed by atoms with van der Waals surface area (Å²) in [6.07, 6.45) is -0.858. The van der Waals surface area contributed by atoms with E-state index in [1.165, 1.54) is 6.20 Å². The van der Waals surface area contributed by atoms with Gasteiger partial charge >= 0.3 is 29.3 Å². The van der Waals surface area contributed by atoms with E-state index < -0.39 is 59.3 Å². The van der Waals surface area contributed by atoms with Crippen molar-refractivity contribution in [2.75, 3.05) is 19.7 Å². The molecule has 5 atom stereocenters.